The maximum absolute atomic E-state index is 11.4. The summed E-state index contributed by atoms with van der Waals surface area (Å²) in [4.78, 5) is 22.3. The van der Waals surface area contributed by atoms with E-state index in [1.807, 2.05) is 0 Å². The van der Waals surface area contributed by atoms with Crippen molar-refractivity contribution in [2.45, 2.75) is 33.1 Å². The molecule has 0 spiro atoms. The number of ether oxygens (including phenoxy) is 1. The highest BCUT2D eigenvalue weighted by Crippen LogP contribution is 2.29. The van der Waals surface area contributed by atoms with Crippen LogP contribution in [-0.2, 0) is 9.53 Å². The van der Waals surface area contributed by atoms with Gasteiger partial charge in [-0.3, -0.25) is 4.79 Å². The molecule has 0 heterocycles. The van der Waals surface area contributed by atoms with Crippen molar-refractivity contribution in [2.75, 3.05) is 19.7 Å². The van der Waals surface area contributed by atoms with Crippen molar-refractivity contribution in [3.63, 3.8) is 0 Å². The maximum Gasteiger partial charge on any atom is 0.325 e. The van der Waals surface area contributed by atoms with Crippen LogP contribution in [0, 0.1) is 11.8 Å². The van der Waals surface area contributed by atoms with Gasteiger partial charge in [0.05, 0.1) is 6.61 Å². The lowest BCUT2D eigenvalue weighted by molar-refractivity contribution is -0.141. The second-order valence-electron chi connectivity index (χ2n) is 4.65. The summed E-state index contributed by atoms with van der Waals surface area (Å²) in [7, 11) is 0. The Morgan fingerprint density at radius 3 is 2.65 bits per heavy atom. The average molecular weight is 242 g/mol. The number of carbonyl (C=O) groups is 2. The van der Waals surface area contributed by atoms with Crippen molar-refractivity contribution in [1.29, 1.82) is 0 Å². The third kappa shape index (κ3) is 5.56. The van der Waals surface area contributed by atoms with Gasteiger partial charge in [-0.05, 0) is 31.6 Å². The molecule has 1 aliphatic carbocycles. The molecule has 1 fully saturated rings. The molecule has 5 heteroatoms. The van der Waals surface area contributed by atoms with E-state index in [0.717, 1.165) is 5.92 Å². The van der Waals surface area contributed by atoms with Gasteiger partial charge in [0.15, 0.2) is 0 Å². The van der Waals surface area contributed by atoms with Gasteiger partial charge in [-0.25, -0.2) is 4.79 Å². The van der Waals surface area contributed by atoms with Crippen LogP contribution in [0.15, 0.2) is 0 Å². The number of esters is 1. The van der Waals surface area contributed by atoms with Crippen molar-refractivity contribution in [3.8, 4) is 0 Å². The van der Waals surface area contributed by atoms with Crippen LogP contribution in [-0.4, -0.2) is 31.7 Å². The van der Waals surface area contributed by atoms with Gasteiger partial charge in [0, 0.05) is 6.54 Å². The number of amides is 2. The Kier molecular flexibility index (Phi) is 5.80. The Morgan fingerprint density at radius 2 is 2.06 bits per heavy atom. The first kappa shape index (κ1) is 13.8. The molecule has 2 amide bonds. The molecule has 0 aromatic heterocycles. The van der Waals surface area contributed by atoms with Crippen LogP contribution < -0.4 is 10.6 Å². The predicted octanol–water partition coefficient (Wildman–Crippen LogP) is 1.28. The first-order valence-corrected chi connectivity index (χ1v) is 6.29. The van der Waals surface area contributed by atoms with Crippen LogP contribution in [0.25, 0.3) is 0 Å². The largest absolute Gasteiger partial charge is 0.465 e. The highest BCUT2D eigenvalue weighted by atomic mass is 16.5. The molecule has 1 aliphatic rings. The van der Waals surface area contributed by atoms with Gasteiger partial charge in [-0.1, -0.05) is 13.3 Å². The van der Waals surface area contributed by atoms with E-state index in [0.29, 0.717) is 19.1 Å². The van der Waals surface area contributed by atoms with Gasteiger partial charge in [-0.15, -0.1) is 0 Å². The number of rotatable bonds is 5. The molecule has 5 nitrogen and oxygen atoms in total. The smallest absolute Gasteiger partial charge is 0.325 e. The molecular formula is C12H22N2O3. The lowest BCUT2D eigenvalue weighted by atomic mass is 10.1. The van der Waals surface area contributed by atoms with Gasteiger partial charge >= 0.3 is 12.0 Å². The van der Waals surface area contributed by atoms with E-state index in [4.69, 9.17) is 4.74 Å². The monoisotopic (exact) mass is 242 g/mol. The Hall–Kier alpha value is -1.26. The normalized spacial score (nSPS) is 23.2. The first-order valence-electron chi connectivity index (χ1n) is 6.29. The fraction of sp³-hybridized carbons (Fsp3) is 0.833. The summed E-state index contributed by atoms with van der Waals surface area (Å²) in [6.45, 7) is 4.93. The molecule has 0 aliphatic heterocycles. The lowest BCUT2D eigenvalue weighted by Crippen LogP contribution is -2.40. The van der Waals surface area contributed by atoms with E-state index in [-0.39, 0.29) is 12.6 Å². The molecule has 2 atom stereocenters. The topological polar surface area (TPSA) is 67.4 Å². The Morgan fingerprint density at radius 1 is 1.29 bits per heavy atom. The van der Waals surface area contributed by atoms with Crippen molar-refractivity contribution < 1.29 is 14.3 Å². The van der Waals surface area contributed by atoms with E-state index >= 15 is 0 Å². The van der Waals surface area contributed by atoms with Gasteiger partial charge in [0.2, 0.25) is 0 Å². The van der Waals surface area contributed by atoms with E-state index in [1.54, 1.807) is 6.92 Å². The number of hydrogen-bond donors (Lipinski definition) is 2. The summed E-state index contributed by atoms with van der Waals surface area (Å²) in [6.07, 6.45) is 3.61. The number of urea groups is 1. The molecule has 2 N–H and O–H groups in total. The molecule has 1 saturated carbocycles. The summed E-state index contributed by atoms with van der Waals surface area (Å²) in [5.74, 6) is 0.944. The minimum absolute atomic E-state index is 0.0687. The zero-order chi connectivity index (χ0) is 12.7. The lowest BCUT2D eigenvalue weighted by Gasteiger charge is -2.11. The SMILES string of the molecule is CCOC(=O)CNC(=O)NCC1CCC(C)C1. The molecule has 0 aromatic rings. The van der Waals surface area contributed by atoms with E-state index < -0.39 is 5.97 Å². The highest BCUT2D eigenvalue weighted by Gasteiger charge is 2.21. The minimum Gasteiger partial charge on any atom is -0.465 e. The van der Waals surface area contributed by atoms with E-state index in [1.165, 1.54) is 19.3 Å². The van der Waals surface area contributed by atoms with E-state index in [9.17, 15) is 9.59 Å². The third-order valence-electron chi connectivity index (χ3n) is 3.05. The van der Waals surface area contributed by atoms with Crippen LogP contribution in [0.5, 0.6) is 0 Å². The Labute approximate surface area is 102 Å². The molecular weight excluding hydrogens is 220 g/mol. The van der Waals surface area contributed by atoms with Crippen molar-refractivity contribution in [1.82, 2.24) is 10.6 Å². The molecule has 0 radical (unpaired) electrons. The van der Waals surface area contributed by atoms with Crippen molar-refractivity contribution in [2.24, 2.45) is 11.8 Å². The van der Waals surface area contributed by atoms with Crippen LogP contribution >= 0.6 is 0 Å². The summed E-state index contributed by atoms with van der Waals surface area (Å²) in [6, 6.07) is -0.294. The summed E-state index contributed by atoms with van der Waals surface area (Å²) in [5, 5.41) is 5.26. The van der Waals surface area contributed by atoms with Crippen LogP contribution in [0.1, 0.15) is 33.1 Å². The maximum atomic E-state index is 11.4. The fourth-order valence-corrected chi connectivity index (χ4v) is 2.17. The van der Waals surface area contributed by atoms with Crippen molar-refractivity contribution >= 4 is 12.0 Å². The third-order valence-corrected chi connectivity index (χ3v) is 3.05. The van der Waals surface area contributed by atoms with Gasteiger partial charge in [0.25, 0.3) is 0 Å². The molecule has 2 unspecified atom stereocenters. The Balaban J connectivity index is 2.07. The second kappa shape index (κ2) is 7.14. The second-order valence-corrected chi connectivity index (χ2v) is 4.65. The number of nitrogens with one attached hydrogen (secondary N) is 2. The summed E-state index contributed by atoms with van der Waals surface area (Å²) >= 11 is 0. The molecule has 1 rings (SSSR count). The molecule has 17 heavy (non-hydrogen) atoms. The average Bonchev–Trinajstić information content (AvgIpc) is 2.70. The predicted molar refractivity (Wildman–Crippen MR) is 64.5 cm³/mol. The van der Waals surface area contributed by atoms with Gasteiger partial charge in [-0.2, -0.15) is 0 Å². The number of hydrogen-bond acceptors (Lipinski definition) is 3. The molecule has 0 saturated heterocycles. The zero-order valence-corrected chi connectivity index (χ0v) is 10.6. The standard InChI is InChI=1S/C12H22N2O3/c1-3-17-11(15)8-14-12(16)13-7-10-5-4-9(2)6-10/h9-10H,3-8H2,1-2H3,(H2,13,14,16). The molecule has 0 aromatic carbocycles. The molecule has 0 bridgehead atoms. The van der Waals surface area contributed by atoms with E-state index in [2.05, 4.69) is 17.6 Å². The molecule has 98 valence electrons. The summed E-state index contributed by atoms with van der Waals surface area (Å²) in [5.41, 5.74) is 0. The fourth-order valence-electron chi connectivity index (χ4n) is 2.17. The van der Waals surface area contributed by atoms with Crippen molar-refractivity contribution in [3.05, 3.63) is 0 Å². The minimum atomic E-state index is -0.405. The first-order chi connectivity index (χ1) is 8.11. The van der Waals surface area contributed by atoms with Crippen LogP contribution in [0.2, 0.25) is 0 Å². The summed E-state index contributed by atoms with van der Waals surface area (Å²) < 4.78 is 4.70. The highest BCUT2D eigenvalue weighted by molar-refractivity contribution is 5.80. The van der Waals surface area contributed by atoms with Gasteiger partial charge in [0.1, 0.15) is 6.54 Å². The van der Waals surface area contributed by atoms with Crippen LogP contribution in [0.3, 0.4) is 0 Å². The number of carbonyl (C=O) groups excluding carboxylic acids is 2. The quantitative estimate of drug-likeness (QED) is 0.714. The van der Waals surface area contributed by atoms with Gasteiger partial charge < -0.3 is 15.4 Å². The van der Waals surface area contributed by atoms with Crippen LogP contribution in [0.4, 0.5) is 4.79 Å². The Bertz CT molecular complexity index is 268. The zero-order valence-electron chi connectivity index (χ0n) is 10.6.